The summed E-state index contributed by atoms with van der Waals surface area (Å²) in [6.45, 7) is 5.68. The van der Waals surface area contributed by atoms with E-state index in [1.807, 2.05) is 20.8 Å². The third kappa shape index (κ3) is 3.78. The maximum atomic E-state index is 12.7. The average Bonchev–Trinajstić information content (AvgIpc) is 2.25. The Balaban J connectivity index is 2.73. The van der Waals surface area contributed by atoms with E-state index < -0.39 is 11.9 Å². The van der Waals surface area contributed by atoms with Gasteiger partial charge < -0.3 is 5.73 Å². The van der Waals surface area contributed by atoms with Gasteiger partial charge in [0.15, 0.2) is 0 Å². The Bertz CT molecular complexity index is 378. The average molecular weight is 239 g/mol. The van der Waals surface area contributed by atoms with Crippen LogP contribution in [0.5, 0.6) is 0 Å². The number of amides is 1. The summed E-state index contributed by atoms with van der Waals surface area (Å²) >= 11 is 0. The molecule has 0 fully saturated rings. The Morgan fingerprint density at radius 3 is 2.47 bits per heavy atom. The van der Waals surface area contributed by atoms with Gasteiger partial charge in [-0.25, -0.2) is 4.39 Å². The molecule has 2 unspecified atom stereocenters. The number of hydrogen-bond acceptors (Lipinski definition) is 3. The zero-order valence-corrected chi connectivity index (χ0v) is 10.3. The fourth-order valence-electron chi connectivity index (χ4n) is 1.60. The van der Waals surface area contributed by atoms with E-state index in [0.717, 1.165) is 6.20 Å². The lowest BCUT2D eigenvalue weighted by atomic mass is 10.0. The molecule has 5 heteroatoms. The van der Waals surface area contributed by atoms with E-state index in [4.69, 9.17) is 5.73 Å². The molecule has 17 heavy (non-hydrogen) atoms. The number of nitrogens with two attached hydrogens (primary N) is 1. The molecule has 0 aliphatic heterocycles. The molecule has 1 heterocycles. The summed E-state index contributed by atoms with van der Waals surface area (Å²) in [5, 5.41) is 3.09. The number of carbonyl (C=O) groups is 1. The summed E-state index contributed by atoms with van der Waals surface area (Å²) in [5.74, 6) is -0.680. The van der Waals surface area contributed by atoms with Crippen LogP contribution in [0.2, 0.25) is 0 Å². The number of nitrogens with one attached hydrogen (secondary N) is 1. The van der Waals surface area contributed by atoms with Crippen molar-refractivity contribution in [3.8, 4) is 0 Å². The number of nitrogens with zero attached hydrogens (tertiary/aromatic N) is 1. The standard InChI is InChI=1S/C12H18FN3O/c1-7(2)11(12(14)17)16-8(3)10-5-4-9(13)6-15-10/h4-8,11,16H,1-3H3,(H2,14,17). The number of carbonyl (C=O) groups excluding carboxylic acids is 1. The molecule has 0 radical (unpaired) electrons. The van der Waals surface area contributed by atoms with Crippen molar-refractivity contribution < 1.29 is 9.18 Å². The second-order valence-electron chi connectivity index (χ2n) is 4.41. The van der Waals surface area contributed by atoms with Crippen LogP contribution in [0.25, 0.3) is 0 Å². The molecule has 3 N–H and O–H groups in total. The van der Waals surface area contributed by atoms with Crippen LogP contribution >= 0.6 is 0 Å². The SMILES string of the molecule is CC(NC(C(N)=O)C(C)C)c1ccc(F)cn1. The first-order chi connectivity index (χ1) is 7.91. The van der Waals surface area contributed by atoms with E-state index in [9.17, 15) is 9.18 Å². The van der Waals surface area contributed by atoms with Crippen molar-refractivity contribution in [3.63, 3.8) is 0 Å². The molecule has 4 nitrogen and oxygen atoms in total. The lowest BCUT2D eigenvalue weighted by molar-refractivity contribution is -0.121. The van der Waals surface area contributed by atoms with Crippen LogP contribution in [0.1, 0.15) is 32.5 Å². The highest BCUT2D eigenvalue weighted by Crippen LogP contribution is 2.13. The van der Waals surface area contributed by atoms with Crippen molar-refractivity contribution in [1.29, 1.82) is 0 Å². The van der Waals surface area contributed by atoms with Crippen molar-refractivity contribution in [2.75, 3.05) is 0 Å². The summed E-state index contributed by atoms with van der Waals surface area (Å²) in [6.07, 6.45) is 1.15. The molecule has 0 saturated heterocycles. The molecule has 1 amide bonds. The van der Waals surface area contributed by atoms with E-state index in [0.29, 0.717) is 5.69 Å². The van der Waals surface area contributed by atoms with Crippen LogP contribution in [-0.4, -0.2) is 16.9 Å². The number of rotatable bonds is 5. The summed E-state index contributed by atoms with van der Waals surface area (Å²) in [6, 6.07) is 2.35. The van der Waals surface area contributed by atoms with Crippen LogP contribution in [0.15, 0.2) is 18.3 Å². The molecule has 0 aliphatic carbocycles. The van der Waals surface area contributed by atoms with Gasteiger partial charge in [0, 0.05) is 6.04 Å². The highest BCUT2D eigenvalue weighted by Gasteiger charge is 2.22. The zero-order valence-electron chi connectivity index (χ0n) is 10.3. The Hall–Kier alpha value is -1.49. The molecule has 1 rings (SSSR count). The minimum absolute atomic E-state index is 0.0930. The first-order valence-corrected chi connectivity index (χ1v) is 5.58. The van der Waals surface area contributed by atoms with Gasteiger partial charge in [0.05, 0.1) is 17.9 Å². The minimum atomic E-state index is -0.420. The molecular formula is C12H18FN3O. The Kier molecular flexibility index (Phi) is 4.57. The second-order valence-corrected chi connectivity index (χ2v) is 4.41. The summed E-state index contributed by atoms with van der Waals surface area (Å²) in [4.78, 5) is 15.2. The van der Waals surface area contributed by atoms with E-state index in [2.05, 4.69) is 10.3 Å². The Morgan fingerprint density at radius 1 is 1.41 bits per heavy atom. The topological polar surface area (TPSA) is 68.0 Å². The largest absolute Gasteiger partial charge is 0.368 e. The van der Waals surface area contributed by atoms with E-state index in [1.54, 1.807) is 6.07 Å². The van der Waals surface area contributed by atoms with E-state index >= 15 is 0 Å². The van der Waals surface area contributed by atoms with Gasteiger partial charge in [0.25, 0.3) is 0 Å². The quantitative estimate of drug-likeness (QED) is 0.815. The zero-order chi connectivity index (χ0) is 13.0. The first kappa shape index (κ1) is 13.6. The molecule has 1 aromatic rings. The number of primary amides is 1. The normalized spacial score (nSPS) is 14.6. The lowest BCUT2D eigenvalue weighted by Gasteiger charge is -2.23. The van der Waals surface area contributed by atoms with Gasteiger partial charge in [0.2, 0.25) is 5.91 Å². The molecular weight excluding hydrogens is 221 g/mol. The third-order valence-electron chi connectivity index (χ3n) is 2.60. The van der Waals surface area contributed by atoms with Gasteiger partial charge in [-0.15, -0.1) is 0 Å². The number of hydrogen-bond donors (Lipinski definition) is 2. The fraction of sp³-hybridized carbons (Fsp3) is 0.500. The third-order valence-corrected chi connectivity index (χ3v) is 2.60. The van der Waals surface area contributed by atoms with Crippen LogP contribution in [0.4, 0.5) is 4.39 Å². The second kappa shape index (κ2) is 5.72. The number of pyridine rings is 1. The van der Waals surface area contributed by atoms with Gasteiger partial charge in [-0.1, -0.05) is 13.8 Å². The molecule has 0 aliphatic rings. The maximum Gasteiger partial charge on any atom is 0.234 e. The lowest BCUT2D eigenvalue weighted by Crippen LogP contribution is -2.46. The highest BCUT2D eigenvalue weighted by atomic mass is 19.1. The maximum absolute atomic E-state index is 12.7. The van der Waals surface area contributed by atoms with Crippen molar-refractivity contribution in [2.45, 2.75) is 32.9 Å². The predicted molar refractivity (Wildman–Crippen MR) is 63.6 cm³/mol. The minimum Gasteiger partial charge on any atom is -0.368 e. The summed E-state index contributed by atoms with van der Waals surface area (Å²) in [5.41, 5.74) is 5.99. The van der Waals surface area contributed by atoms with Crippen molar-refractivity contribution >= 4 is 5.91 Å². The van der Waals surface area contributed by atoms with Crippen LogP contribution < -0.4 is 11.1 Å². The van der Waals surface area contributed by atoms with Gasteiger partial charge in [-0.3, -0.25) is 15.1 Å². The van der Waals surface area contributed by atoms with Gasteiger partial charge in [-0.05, 0) is 25.0 Å². The summed E-state index contributed by atoms with van der Waals surface area (Å²) < 4.78 is 12.7. The first-order valence-electron chi connectivity index (χ1n) is 5.58. The molecule has 1 aromatic heterocycles. The molecule has 0 bridgehead atoms. The van der Waals surface area contributed by atoms with Crippen LogP contribution in [-0.2, 0) is 4.79 Å². The van der Waals surface area contributed by atoms with Crippen molar-refractivity contribution in [3.05, 3.63) is 29.8 Å². The smallest absolute Gasteiger partial charge is 0.234 e. The molecule has 2 atom stereocenters. The van der Waals surface area contributed by atoms with Gasteiger partial charge >= 0.3 is 0 Å². The van der Waals surface area contributed by atoms with Crippen LogP contribution in [0.3, 0.4) is 0 Å². The van der Waals surface area contributed by atoms with Crippen molar-refractivity contribution in [1.82, 2.24) is 10.3 Å². The molecule has 0 saturated carbocycles. The highest BCUT2D eigenvalue weighted by molar-refractivity contribution is 5.80. The van der Waals surface area contributed by atoms with E-state index in [-0.39, 0.29) is 17.8 Å². The van der Waals surface area contributed by atoms with Gasteiger partial charge in [0.1, 0.15) is 5.82 Å². The van der Waals surface area contributed by atoms with Gasteiger partial charge in [-0.2, -0.15) is 0 Å². The molecule has 0 aromatic carbocycles. The predicted octanol–water partition coefficient (Wildman–Crippen LogP) is 1.38. The van der Waals surface area contributed by atoms with E-state index in [1.165, 1.54) is 6.07 Å². The molecule has 94 valence electrons. The summed E-state index contributed by atoms with van der Waals surface area (Å²) in [7, 11) is 0. The van der Waals surface area contributed by atoms with Crippen molar-refractivity contribution in [2.24, 2.45) is 11.7 Å². The van der Waals surface area contributed by atoms with Crippen LogP contribution in [0, 0.1) is 11.7 Å². The Morgan fingerprint density at radius 2 is 2.06 bits per heavy atom. The molecule has 0 spiro atoms. The number of aromatic nitrogens is 1. The number of halogens is 1. The monoisotopic (exact) mass is 239 g/mol. The fourth-order valence-corrected chi connectivity index (χ4v) is 1.60. The Labute approximate surface area is 100 Å².